The third-order valence-electron chi connectivity index (χ3n) is 35.5. The Bertz CT molecular complexity index is 5830. The molecular weight excluding hydrogens is 1760 g/mol. The van der Waals surface area contributed by atoms with Gasteiger partial charge in [-0.3, -0.25) is 0 Å². The van der Waals surface area contributed by atoms with Gasteiger partial charge in [0.2, 0.25) is 0 Å². The van der Waals surface area contributed by atoms with E-state index in [1.54, 1.807) is 0 Å². The van der Waals surface area contributed by atoms with Crippen LogP contribution in [0.1, 0.15) is 182 Å². The number of halogens is 2. The minimum atomic E-state index is -8.06. The molecule has 2 aliphatic heterocycles. The standard InChI is InChI=1S/2C57H68O2Si3.2ClH.Zr/c2*1-14-38-36-52-48(44-26-24-42-34-46(30-28-40(42)32-44)58-61(10,11)56(3,4)5)20-16-18-22-50(52)54(38)60(9)55-39(15-2)37-53-49(21-17-19-23-51(53)55)45-27-25-43-35-47(31-29-41(43)33-45)59-62(12,13)57(6,7)8;;;/h2*16-37,48-49,60H,14-15H2,1-13H3;2*1H;/q;;;;+2/p-2. The summed E-state index contributed by atoms with van der Waals surface area (Å²) in [4.78, 5) is 0. The normalized spacial score (nSPS) is 27.4. The van der Waals surface area contributed by atoms with Crippen molar-refractivity contribution >= 4 is 111 Å². The number of rotatable bonds is 16. The summed E-state index contributed by atoms with van der Waals surface area (Å²) in [5, 5.41) is 9.75. The molecular formula is C114H136Cl2O4Si6Zr. The number of hydrogen-bond donors (Lipinski definition) is 0. The Hall–Kier alpha value is -7.40. The Morgan fingerprint density at radius 3 is 0.669 bits per heavy atom. The van der Waals surface area contributed by atoms with E-state index in [-0.39, 0.29) is 43.8 Å². The van der Waals surface area contributed by atoms with E-state index in [2.05, 4.69) is 443 Å². The van der Waals surface area contributed by atoms with Gasteiger partial charge in [-0.1, -0.05) is 83.1 Å². The van der Waals surface area contributed by atoms with Crippen LogP contribution in [0.4, 0.5) is 0 Å². The van der Waals surface area contributed by atoms with E-state index in [1.807, 2.05) is 0 Å². The Morgan fingerprint density at radius 2 is 0.480 bits per heavy atom. The Labute approximate surface area is 772 Å². The average molecular weight is 1900 g/mol. The second-order valence-electron chi connectivity index (χ2n) is 45.2. The molecule has 0 saturated carbocycles. The van der Waals surface area contributed by atoms with E-state index < -0.39 is 76.8 Å². The van der Waals surface area contributed by atoms with Crippen LogP contribution in [0.2, 0.25) is 96.6 Å². The second-order valence-corrected chi connectivity index (χ2v) is 104. The fourth-order valence-corrected chi connectivity index (χ4v) is 153. The molecule has 18 rings (SSSR count). The van der Waals surface area contributed by atoms with Gasteiger partial charge in [-0.25, -0.2) is 0 Å². The maximum atomic E-state index is 12.1. The second kappa shape index (κ2) is 30.1. The van der Waals surface area contributed by atoms with E-state index >= 15 is 0 Å². The minimum absolute atomic E-state index is 0.0540. The molecule has 2 saturated heterocycles. The van der Waals surface area contributed by atoms with Gasteiger partial charge in [-0.05, 0) is 72.5 Å². The van der Waals surface area contributed by atoms with E-state index in [1.165, 1.54) is 132 Å². The van der Waals surface area contributed by atoms with Crippen LogP contribution < -0.4 is 17.7 Å². The molecule has 127 heavy (non-hydrogen) atoms. The van der Waals surface area contributed by atoms with Crippen LogP contribution in [0.15, 0.2) is 334 Å². The van der Waals surface area contributed by atoms with Gasteiger partial charge in [-0.15, -0.1) is 0 Å². The predicted octanol–water partition coefficient (Wildman–Crippen LogP) is 34.4. The van der Waals surface area contributed by atoms with Crippen molar-refractivity contribution < 1.29 is 32.6 Å². The monoisotopic (exact) mass is 1900 g/mol. The van der Waals surface area contributed by atoms with Gasteiger partial charge >= 0.3 is 624 Å². The van der Waals surface area contributed by atoms with Crippen LogP contribution >= 0.6 is 17.0 Å². The van der Waals surface area contributed by atoms with Crippen LogP contribution in [-0.2, 0) is 14.9 Å². The summed E-state index contributed by atoms with van der Waals surface area (Å²) < 4.78 is 25.0. The van der Waals surface area contributed by atoms with Crippen LogP contribution in [0.5, 0.6) is 23.0 Å². The topological polar surface area (TPSA) is 36.9 Å². The van der Waals surface area contributed by atoms with Crippen molar-refractivity contribution in [1.82, 2.24) is 0 Å². The third-order valence-corrected chi connectivity index (χ3v) is 137. The summed E-state index contributed by atoms with van der Waals surface area (Å²) >= 11 is -8.06. The quantitative estimate of drug-likeness (QED) is 0.0904. The van der Waals surface area contributed by atoms with Crippen LogP contribution in [-0.4, -0.2) is 50.9 Å². The summed E-state index contributed by atoms with van der Waals surface area (Å²) in [5.41, 5.74) is 21.9. The zero-order chi connectivity index (χ0) is 90.8. The SMILES string of the molecule is CCC1=CC2=C(C=CC=CC2c2ccc3cc(O[Si](C)(C)C(C)(C)C)ccc3c2)[C]12[SiH](C)[C]1(C(CC)=CC3=C1C=CC=CC3c1ccc3cc(O[Si](C)(C)C(C)(C)C)ccc3c1)[Zr]21([Cl])([Cl])[C]2(C(CC)=CC3=C2C=CC=CC3c2ccc3cc(O[Si](C)(C)C(C)(C)C)ccc3c2)[SiH](C)[C]12C(CC)=CC1=C2C=CC=CC1c1ccc2cc(O[Si](C)(C)C(C)(C)C)ccc2c1. The third kappa shape index (κ3) is 11.9. The molecule has 0 amide bonds. The summed E-state index contributed by atoms with van der Waals surface area (Å²) in [6, 6.07) is 56.5. The van der Waals surface area contributed by atoms with Gasteiger partial charge in [0.15, 0.2) is 0 Å². The van der Waals surface area contributed by atoms with E-state index in [0.29, 0.717) is 0 Å². The molecule has 0 aromatic heterocycles. The van der Waals surface area contributed by atoms with Gasteiger partial charge in [0.25, 0.3) is 0 Å². The first-order valence-electron chi connectivity index (χ1n) is 47.6. The summed E-state index contributed by atoms with van der Waals surface area (Å²) in [7, 11) is 10.1. The molecule has 8 aromatic carbocycles. The summed E-state index contributed by atoms with van der Waals surface area (Å²) in [5.74, 6) is 3.26. The zero-order valence-electron chi connectivity index (χ0n) is 80.6. The van der Waals surface area contributed by atoms with Crippen molar-refractivity contribution in [1.29, 1.82) is 0 Å². The van der Waals surface area contributed by atoms with Crippen molar-refractivity contribution in [2.24, 2.45) is 0 Å². The molecule has 5 spiro atoms. The molecule has 10 aliphatic rings. The molecule has 4 nitrogen and oxygen atoms in total. The molecule has 0 N–H and O–H groups in total. The van der Waals surface area contributed by atoms with Crippen LogP contribution in [0, 0.1) is 0 Å². The summed E-state index contributed by atoms with van der Waals surface area (Å²) in [6.07, 6.45) is 54.0. The molecule has 8 unspecified atom stereocenters. The van der Waals surface area contributed by atoms with E-state index in [0.717, 1.165) is 48.7 Å². The van der Waals surface area contributed by atoms with E-state index in [9.17, 15) is 17.0 Å². The van der Waals surface area contributed by atoms with Gasteiger partial charge in [0, 0.05) is 0 Å². The number of hydrogen-bond acceptors (Lipinski definition) is 4. The molecule has 2 heterocycles. The van der Waals surface area contributed by atoms with Gasteiger partial charge in [0.05, 0.1) is 0 Å². The molecule has 13 heteroatoms. The van der Waals surface area contributed by atoms with Crippen LogP contribution in [0.3, 0.4) is 0 Å². The molecule has 0 radical (unpaired) electrons. The first kappa shape index (κ1) is 90.2. The van der Waals surface area contributed by atoms with Crippen molar-refractivity contribution in [3.63, 3.8) is 0 Å². The molecule has 8 aliphatic carbocycles. The maximum absolute atomic E-state index is 12.1. The Balaban J connectivity index is 0.948. The Morgan fingerprint density at radius 1 is 0.291 bits per heavy atom. The number of fused-ring (bicyclic) bond motifs is 12. The molecule has 8 aromatic rings. The van der Waals surface area contributed by atoms with Crippen LogP contribution in [0.25, 0.3) is 43.1 Å². The fraction of sp³-hybridized carbons (Fsp3) is 0.368. The molecule has 2 fully saturated rings. The number of allylic oxidation sites excluding steroid dienone is 32. The molecule has 8 atom stereocenters. The van der Waals surface area contributed by atoms with Crippen molar-refractivity contribution in [3.8, 4) is 23.0 Å². The van der Waals surface area contributed by atoms with E-state index in [4.69, 9.17) is 17.7 Å². The first-order valence-corrected chi connectivity index (χ1v) is 75.1. The molecule has 658 valence electrons. The Kier molecular flexibility index (Phi) is 21.3. The number of benzene rings is 8. The predicted molar refractivity (Wildman–Crippen MR) is 561 cm³/mol. The van der Waals surface area contributed by atoms with Crippen molar-refractivity contribution in [2.45, 2.75) is 257 Å². The molecule has 0 bridgehead atoms. The van der Waals surface area contributed by atoms with Crippen molar-refractivity contribution in [3.05, 3.63) is 356 Å². The average Bonchev–Trinajstić information content (AvgIpc) is 1.48. The zero-order valence-corrected chi connectivity index (χ0v) is 90.9. The first-order chi connectivity index (χ1) is 59.7. The fourth-order valence-electron chi connectivity index (χ4n) is 26.3. The van der Waals surface area contributed by atoms with Gasteiger partial charge in [-0.2, -0.15) is 0 Å². The van der Waals surface area contributed by atoms with Crippen molar-refractivity contribution in [2.75, 3.05) is 0 Å². The summed E-state index contributed by atoms with van der Waals surface area (Å²) in [6.45, 7) is 62.4. The van der Waals surface area contributed by atoms with Gasteiger partial charge in [0.1, 0.15) is 0 Å². The van der Waals surface area contributed by atoms with Gasteiger partial charge < -0.3 is 0 Å².